The minimum atomic E-state index is -3.52. The van der Waals surface area contributed by atoms with Gasteiger partial charge in [0.1, 0.15) is 0 Å². The van der Waals surface area contributed by atoms with Crippen molar-refractivity contribution in [3.8, 4) is 0 Å². The normalized spacial score (nSPS) is 21.1. The van der Waals surface area contributed by atoms with Crippen molar-refractivity contribution in [2.24, 2.45) is 11.8 Å². The van der Waals surface area contributed by atoms with E-state index in [-0.39, 0.29) is 22.6 Å². The smallest absolute Gasteiger partial charge is 0.240 e. The number of hydrogen-bond donors (Lipinski definition) is 3. The van der Waals surface area contributed by atoms with Crippen molar-refractivity contribution in [3.05, 3.63) is 66.5 Å². The molecule has 3 N–H and O–H groups in total. The van der Waals surface area contributed by atoms with Crippen LogP contribution in [0.4, 0.5) is 5.69 Å². The predicted molar refractivity (Wildman–Crippen MR) is 128 cm³/mol. The molecule has 2 unspecified atom stereocenters. The van der Waals surface area contributed by atoms with Crippen molar-refractivity contribution >= 4 is 32.4 Å². The summed E-state index contributed by atoms with van der Waals surface area (Å²) in [5, 5.41) is 8.36. The number of nitrogens with one attached hydrogen (secondary N) is 3. The summed E-state index contributed by atoms with van der Waals surface area (Å²) in [6, 6.07) is 14.6. The van der Waals surface area contributed by atoms with Crippen LogP contribution in [0.2, 0.25) is 0 Å². The molecule has 2 atom stereocenters. The fraction of sp³-hybridized carbons (Fsp3) is 0.360. The van der Waals surface area contributed by atoms with Crippen molar-refractivity contribution < 1.29 is 13.2 Å². The highest BCUT2D eigenvalue weighted by Crippen LogP contribution is 2.48. The van der Waals surface area contributed by atoms with Gasteiger partial charge in [0, 0.05) is 35.9 Å². The third kappa shape index (κ3) is 5.08. The Bertz CT molecular complexity index is 1250. The number of carbonyl (C=O) groups is 1. The first-order valence-electron chi connectivity index (χ1n) is 11.4. The van der Waals surface area contributed by atoms with E-state index in [0.717, 1.165) is 54.4 Å². The van der Waals surface area contributed by atoms with Crippen LogP contribution in [0, 0.1) is 11.8 Å². The van der Waals surface area contributed by atoms with Crippen LogP contribution in [0.1, 0.15) is 30.7 Å². The van der Waals surface area contributed by atoms with Crippen molar-refractivity contribution in [3.63, 3.8) is 0 Å². The Kier molecular flexibility index (Phi) is 6.14. The zero-order chi connectivity index (χ0) is 22.8. The molecule has 3 aromatic rings. The number of sulfonamides is 1. The highest BCUT2D eigenvalue weighted by molar-refractivity contribution is 7.89. The number of hydrogen-bond acceptors (Lipinski definition) is 5. The first kappa shape index (κ1) is 22.0. The molecule has 1 amide bonds. The number of nitrogens with zero attached hydrogens (tertiary/aromatic N) is 1. The Morgan fingerprint density at radius 3 is 2.61 bits per heavy atom. The second kappa shape index (κ2) is 9.21. The fourth-order valence-corrected chi connectivity index (χ4v) is 5.66. The van der Waals surface area contributed by atoms with E-state index in [1.54, 1.807) is 24.5 Å². The zero-order valence-electron chi connectivity index (χ0n) is 18.3. The number of anilines is 1. The van der Waals surface area contributed by atoms with E-state index in [9.17, 15) is 13.2 Å². The van der Waals surface area contributed by atoms with Gasteiger partial charge in [-0.1, -0.05) is 18.2 Å². The Labute approximate surface area is 194 Å². The summed E-state index contributed by atoms with van der Waals surface area (Å²) in [6.45, 7) is 2.35. The van der Waals surface area contributed by atoms with Gasteiger partial charge in [-0.15, -0.1) is 0 Å². The molecule has 1 saturated heterocycles. The lowest BCUT2D eigenvalue weighted by atomic mass is 9.99. The van der Waals surface area contributed by atoms with Crippen LogP contribution >= 0.6 is 0 Å². The number of aromatic nitrogens is 1. The summed E-state index contributed by atoms with van der Waals surface area (Å²) < 4.78 is 28.0. The van der Waals surface area contributed by atoms with Crippen LogP contribution in [-0.2, 0) is 14.8 Å². The van der Waals surface area contributed by atoms with E-state index in [0.29, 0.717) is 12.5 Å². The fourth-order valence-electron chi connectivity index (χ4n) is 4.54. The molecule has 0 radical (unpaired) electrons. The molecule has 172 valence electrons. The Hall–Kier alpha value is -2.81. The minimum Gasteiger partial charge on any atom is -0.326 e. The molecule has 33 heavy (non-hydrogen) atoms. The number of fused-ring (bicyclic) bond motifs is 1. The van der Waals surface area contributed by atoms with E-state index in [4.69, 9.17) is 0 Å². The minimum absolute atomic E-state index is 0.00579. The molecule has 2 heterocycles. The van der Waals surface area contributed by atoms with Gasteiger partial charge in [0.25, 0.3) is 0 Å². The second-order valence-corrected chi connectivity index (χ2v) is 10.8. The monoisotopic (exact) mass is 464 g/mol. The van der Waals surface area contributed by atoms with Crippen molar-refractivity contribution in [1.29, 1.82) is 0 Å². The quantitative estimate of drug-likeness (QED) is 0.498. The van der Waals surface area contributed by atoms with Gasteiger partial charge in [0.15, 0.2) is 0 Å². The number of benzene rings is 2. The lowest BCUT2D eigenvalue weighted by Crippen LogP contribution is -2.35. The molecule has 8 heteroatoms. The largest absolute Gasteiger partial charge is 0.326 e. The predicted octanol–water partition coefficient (Wildman–Crippen LogP) is 3.25. The molecule has 0 spiro atoms. The van der Waals surface area contributed by atoms with Crippen LogP contribution in [0.5, 0.6) is 0 Å². The van der Waals surface area contributed by atoms with Crippen molar-refractivity contribution in [2.75, 3.05) is 25.0 Å². The lowest BCUT2D eigenvalue weighted by Gasteiger charge is -2.22. The molecule has 0 bridgehead atoms. The Morgan fingerprint density at radius 1 is 1.03 bits per heavy atom. The molecule has 2 aliphatic rings. The maximum atomic E-state index is 12.7. The molecule has 1 aliphatic carbocycles. The molecule has 5 rings (SSSR count). The van der Waals surface area contributed by atoms with Crippen molar-refractivity contribution in [2.45, 2.75) is 30.1 Å². The molecule has 1 saturated carbocycles. The van der Waals surface area contributed by atoms with Gasteiger partial charge in [-0.3, -0.25) is 9.78 Å². The maximum Gasteiger partial charge on any atom is 0.240 e. The first-order valence-corrected chi connectivity index (χ1v) is 12.9. The topological polar surface area (TPSA) is 100 Å². The number of amides is 1. The summed E-state index contributed by atoms with van der Waals surface area (Å²) in [5.74, 6) is 0.395. The first-order chi connectivity index (χ1) is 16.0. The van der Waals surface area contributed by atoms with Crippen LogP contribution in [0.3, 0.4) is 0 Å². The summed E-state index contributed by atoms with van der Waals surface area (Å²) in [4.78, 5) is 17.1. The molecule has 2 aromatic carbocycles. The zero-order valence-corrected chi connectivity index (χ0v) is 19.1. The molecule has 2 fully saturated rings. The van der Waals surface area contributed by atoms with Gasteiger partial charge in [-0.2, -0.15) is 0 Å². The summed E-state index contributed by atoms with van der Waals surface area (Å²) >= 11 is 0. The van der Waals surface area contributed by atoms with Crippen molar-refractivity contribution in [1.82, 2.24) is 15.0 Å². The Balaban J connectivity index is 1.18. The third-order valence-electron chi connectivity index (χ3n) is 6.67. The molecular weight excluding hydrogens is 436 g/mol. The van der Waals surface area contributed by atoms with E-state index in [1.165, 1.54) is 0 Å². The van der Waals surface area contributed by atoms with Gasteiger partial charge < -0.3 is 10.6 Å². The van der Waals surface area contributed by atoms with Crippen LogP contribution < -0.4 is 15.4 Å². The second-order valence-electron chi connectivity index (χ2n) is 8.99. The SMILES string of the molecule is O=C(Nc1ccc2cnccc2c1)C1CC1c1ccc(S(=O)(=O)NCC2CCNCC2)cc1. The van der Waals surface area contributed by atoms with Crippen LogP contribution in [0.15, 0.2) is 65.8 Å². The average molecular weight is 465 g/mol. The molecular formula is C25H28N4O3S. The molecule has 7 nitrogen and oxygen atoms in total. The van der Waals surface area contributed by atoms with Gasteiger partial charge in [-0.25, -0.2) is 13.1 Å². The Morgan fingerprint density at radius 2 is 1.82 bits per heavy atom. The highest BCUT2D eigenvalue weighted by Gasteiger charge is 2.44. The van der Waals surface area contributed by atoms with Crippen LogP contribution in [-0.4, -0.2) is 38.9 Å². The van der Waals surface area contributed by atoms with E-state index < -0.39 is 10.0 Å². The average Bonchev–Trinajstić information content (AvgIpc) is 3.65. The van der Waals surface area contributed by atoms with Gasteiger partial charge in [0.2, 0.25) is 15.9 Å². The van der Waals surface area contributed by atoms with Gasteiger partial charge in [0.05, 0.1) is 4.90 Å². The van der Waals surface area contributed by atoms with E-state index in [2.05, 4.69) is 20.3 Å². The number of carbonyl (C=O) groups excluding carboxylic acids is 1. The number of piperidine rings is 1. The summed E-state index contributed by atoms with van der Waals surface area (Å²) in [6.07, 6.45) is 6.28. The summed E-state index contributed by atoms with van der Waals surface area (Å²) in [5.41, 5.74) is 1.77. The highest BCUT2D eigenvalue weighted by atomic mass is 32.2. The molecule has 1 aliphatic heterocycles. The summed E-state index contributed by atoms with van der Waals surface area (Å²) in [7, 11) is -3.52. The van der Waals surface area contributed by atoms with E-state index in [1.807, 2.05) is 36.4 Å². The standard InChI is InChI=1S/C25H28N4O3S/c30-25(29-21-4-1-20-16-27-12-9-19(20)13-21)24-14-23(24)18-2-5-22(6-3-18)33(31,32)28-15-17-7-10-26-11-8-17/h1-6,9,12-13,16-17,23-24,26,28H,7-8,10-11,14-15H2,(H,29,30). The third-order valence-corrected chi connectivity index (χ3v) is 8.11. The number of rotatable bonds is 7. The van der Waals surface area contributed by atoms with Gasteiger partial charge in [-0.05, 0) is 85.5 Å². The maximum absolute atomic E-state index is 12.7. The lowest BCUT2D eigenvalue weighted by molar-refractivity contribution is -0.117. The number of pyridine rings is 1. The van der Waals surface area contributed by atoms with Crippen LogP contribution in [0.25, 0.3) is 10.8 Å². The van der Waals surface area contributed by atoms with Gasteiger partial charge >= 0.3 is 0 Å². The molecule has 1 aromatic heterocycles. The van der Waals surface area contributed by atoms with E-state index >= 15 is 0 Å².